The quantitative estimate of drug-likeness (QED) is 0.393. The number of hydrogen-bond acceptors (Lipinski definition) is 5. The van der Waals surface area contributed by atoms with Gasteiger partial charge < -0.3 is 9.47 Å². The van der Waals surface area contributed by atoms with Gasteiger partial charge in [0.15, 0.2) is 11.9 Å². The molecule has 0 amide bonds. The Morgan fingerprint density at radius 3 is 2.55 bits per heavy atom. The first-order valence-electron chi connectivity index (χ1n) is 9.96. The van der Waals surface area contributed by atoms with E-state index in [1.54, 1.807) is 0 Å². The predicted octanol–water partition coefficient (Wildman–Crippen LogP) is 5.16. The van der Waals surface area contributed by atoms with Crippen LogP contribution in [-0.2, 0) is 23.5 Å². The molecular weight excluding hydrogens is 413 g/mol. The lowest BCUT2D eigenvalue weighted by Crippen LogP contribution is -2.13. The van der Waals surface area contributed by atoms with E-state index in [4.69, 9.17) is 9.47 Å². The van der Waals surface area contributed by atoms with E-state index in [1.807, 2.05) is 48.5 Å². The Morgan fingerprint density at radius 1 is 0.968 bits per heavy atom. The Hall–Kier alpha value is -3.16. The fourth-order valence-electron chi connectivity index (χ4n) is 3.63. The minimum atomic E-state index is -0.294. The van der Waals surface area contributed by atoms with Crippen molar-refractivity contribution in [3.63, 3.8) is 0 Å². The highest BCUT2D eigenvalue weighted by molar-refractivity contribution is 7.98. The van der Waals surface area contributed by atoms with E-state index in [0.717, 1.165) is 33.4 Å². The van der Waals surface area contributed by atoms with Gasteiger partial charge in [-0.15, -0.1) is 10.2 Å². The van der Waals surface area contributed by atoms with Crippen LogP contribution < -0.4 is 4.74 Å². The second-order valence-electron chi connectivity index (χ2n) is 7.18. The lowest BCUT2D eigenvalue weighted by Gasteiger charge is -2.20. The Bertz CT molecular complexity index is 1180. The molecule has 0 radical (unpaired) electrons. The highest BCUT2D eigenvalue weighted by Crippen LogP contribution is 2.34. The Labute approximate surface area is 183 Å². The van der Waals surface area contributed by atoms with E-state index in [0.29, 0.717) is 24.5 Å². The number of benzene rings is 3. The molecule has 0 bridgehead atoms. The third-order valence-electron chi connectivity index (χ3n) is 5.03. The third-order valence-corrected chi connectivity index (χ3v) is 6.01. The summed E-state index contributed by atoms with van der Waals surface area (Å²) in [6.07, 6.45) is 0.666. The number of ether oxygens (including phenoxy) is 2. The summed E-state index contributed by atoms with van der Waals surface area (Å²) in [6, 6.07) is 23.2. The molecule has 4 aromatic rings. The summed E-state index contributed by atoms with van der Waals surface area (Å²) in [6.45, 7) is 0.532. The zero-order valence-electron chi connectivity index (χ0n) is 16.7. The maximum absolute atomic E-state index is 14.1. The number of fused-ring (bicyclic) bond motifs is 1. The molecule has 1 aliphatic heterocycles. The van der Waals surface area contributed by atoms with Crippen LogP contribution >= 0.6 is 11.8 Å². The smallest absolute Gasteiger partial charge is 0.196 e. The van der Waals surface area contributed by atoms with Crippen molar-refractivity contribution in [1.29, 1.82) is 0 Å². The van der Waals surface area contributed by atoms with Crippen LogP contribution in [0.25, 0.3) is 5.69 Å². The van der Waals surface area contributed by atoms with E-state index in [-0.39, 0.29) is 12.6 Å². The molecule has 1 aromatic heterocycles. The number of rotatable bonds is 6. The van der Waals surface area contributed by atoms with Crippen molar-refractivity contribution < 1.29 is 13.9 Å². The van der Waals surface area contributed by atoms with Gasteiger partial charge in [0.05, 0.1) is 6.61 Å². The van der Waals surface area contributed by atoms with Gasteiger partial charge >= 0.3 is 0 Å². The molecule has 0 saturated carbocycles. The van der Waals surface area contributed by atoms with Gasteiger partial charge in [-0.05, 0) is 29.8 Å². The fourth-order valence-corrected chi connectivity index (χ4v) is 4.57. The average molecular weight is 434 g/mol. The molecule has 5 rings (SSSR count). The predicted molar refractivity (Wildman–Crippen MR) is 117 cm³/mol. The van der Waals surface area contributed by atoms with Gasteiger partial charge in [0.2, 0.25) is 0 Å². The molecule has 31 heavy (non-hydrogen) atoms. The summed E-state index contributed by atoms with van der Waals surface area (Å²) in [7, 11) is 0. The van der Waals surface area contributed by atoms with Crippen molar-refractivity contribution in [2.45, 2.75) is 23.9 Å². The summed E-state index contributed by atoms with van der Waals surface area (Å²) in [5, 5.41) is 9.68. The second-order valence-corrected chi connectivity index (χ2v) is 8.13. The van der Waals surface area contributed by atoms with Crippen LogP contribution in [0.4, 0.5) is 4.39 Å². The van der Waals surface area contributed by atoms with E-state index < -0.39 is 0 Å². The van der Waals surface area contributed by atoms with Crippen molar-refractivity contribution in [1.82, 2.24) is 14.8 Å². The number of aromatic nitrogens is 3. The van der Waals surface area contributed by atoms with Gasteiger partial charge in [0, 0.05) is 29.0 Å². The van der Waals surface area contributed by atoms with Gasteiger partial charge in [-0.2, -0.15) is 0 Å². The van der Waals surface area contributed by atoms with E-state index in [2.05, 4.69) is 26.9 Å². The van der Waals surface area contributed by atoms with Crippen molar-refractivity contribution in [2.24, 2.45) is 0 Å². The number of nitrogens with zero attached hydrogens (tertiary/aromatic N) is 3. The van der Waals surface area contributed by atoms with Crippen molar-refractivity contribution in [3.05, 3.63) is 101 Å². The van der Waals surface area contributed by atoms with Crippen LogP contribution in [0.2, 0.25) is 0 Å². The summed E-state index contributed by atoms with van der Waals surface area (Å²) in [4.78, 5) is 0. The molecule has 0 fully saturated rings. The number of halogens is 1. The molecule has 0 aliphatic carbocycles. The average Bonchev–Trinajstić information content (AvgIpc) is 3.21. The maximum atomic E-state index is 14.1. The van der Waals surface area contributed by atoms with Crippen LogP contribution in [0.3, 0.4) is 0 Å². The maximum Gasteiger partial charge on any atom is 0.196 e. The minimum absolute atomic E-state index is 0.178. The molecule has 5 nitrogen and oxygen atoms in total. The van der Waals surface area contributed by atoms with Gasteiger partial charge in [-0.1, -0.05) is 60.3 Å². The van der Waals surface area contributed by atoms with Gasteiger partial charge in [-0.3, -0.25) is 4.57 Å². The van der Waals surface area contributed by atoms with Crippen LogP contribution in [0.1, 0.15) is 22.5 Å². The molecule has 0 saturated heterocycles. The lowest BCUT2D eigenvalue weighted by molar-refractivity contribution is -0.0171. The Morgan fingerprint density at radius 2 is 1.74 bits per heavy atom. The number of para-hydroxylation sites is 1. The fraction of sp³-hybridized carbons (Fsp3) is 0.167. The summed E-state index contributed by atoms with van der Waals surface area (Å²) >= 11 is 1.51. The van der Waals surface area contributed by atoms with Crippen LogP contribution in [-0.4, -0.2) is 21.6 Å². The molecule has 7 heteroatoms. The SMILES string of the molecule is Fc1cc2c(c(CSc3nnc(Cc4ccccc4)n3-c3ccccc3)c1)OCOC2. The number of hydrogen-bond donors (Lipinski definition) is 0. The lowest BCUT2D eigenvalue weighted by atomic mass is 10.1. The second kappa shape index (κ2) is 8.91. The highest BCUT2D eigenvalue weighted by Gasteiger charge is 2.20. The van der Waals surface area contributed by atoms with Crippen LogP contribution in [0, 0.1) is 5.82 Å². The first-order chi connectivity index (χ1) is 15.3. The zero-order chi connectivity index (χ0) is 21.0. The first-order valence-corrected chi connectivity index (χ1v) is 10.9. The molecule has 0 spiro atoms. The first kappa shape index (κ1) is 19.8. The normalized spacial score (nSPS) is 12.9. The third kappa shape index (κ3) is 4.33. The molecule has 0 unspecified atom stereocenters. The van der Waals surface area contributed by atoms with Gasteiger partial charge in [0.1, 0.15) is 17.4 Å². The van der Waals surface area contributed by atoms with Crippen LogP contribution in [0.5, 0.6) is 5.75 Å². The number of thioether (sulfide) groups is 1. The van der Waals surface area contributed by atoms with E-state index >= 15 is 0 Å². The zero-order valence-corrected chi connectivity index (χ0v) is 17.5. The summed E-state index contributed by atoms with van der Waals surface area (Å²) in [5.41, 5.74) is 3.68. The molecule has 0 N–H and O–H groups in total. The molecule has 0 atom stereocenters. The van der Waals surface area contributed by atoms with Crippen molar-refractivity contribution in [2.75, 3.05) is 6.79 Å². The van der Waals surface area contributed by atoms with E-state index in [9.17, 15) is 4.39 Å². The van der Waals surface area contributed by atoms with Gasteiger partial charge in [-0.25, -0.2) is 4.39 Å². The Kier molecular flexibility index (Phi) is 5.69. The summed E-state index contributed by atoms with van der Waals surface area (Å²) < 4.78 is 27.1. The van der Waals surface area contributed by atoms with Crippen molar-refractivity contribution in [3.8, 4) is 11.4 Å². The molecule has 156 valence electrons. The highest BCUT2D eigenvalue weighted by atomic mass is 32.2. The Balaban J connectivity index is 1.47. The molecule has 3 aromatic carbocycles. The minimum Gasteiger partial charge on any atom is -0.467 e. The molecule has 1 aliphatic rings. The van der Waals surface area contributed by atoms with Gasteiger partial charge in [0.25, 0.3) is 0 Å². The summed E-state index contributed by atoms with van der Waals surface area (Å²) in [5.74, 6) is 1.77. The monoisotopic (exact) mass is 433 g/mol. The van der Waals surface area contributed by atoms with Crippen LogP contribution in [0.15, 0.2) is 78.0 Å². The standard InChI is InChI=1S/C24H20FN3O2S/c25-20-12-18-14-29-16-30-23(18)19(13-20)15-31-24-27-26-22(11-17-7-3-1-4-8-17)28(24)21-9-5-2-6-10-21/h1-10,12-13H,11,14-16H2. The molecular formula is C24H20FN3O2S. The molecule has 2 heterocycles. The topological polar surface area (TPSA) is 49.2 Å². The van der Waals surface area contributed by atoms with E-state index in [1.165, 1.54) is 23.9 Å². The van der Waals surface area contributed by atoms with Crippen molar-refractivity contribution >= 4 is 11.8 Å². The largest absolute Gasteiger partial charge is 0.467 e.